The van der Waals surface area contributed by atoms with Gasteiger partial charge in [-0.2, -0.15) is 0 Å². The summed E-state index contributed by atoms with van der Waals surface area (Å²) in [7, 11) is 0. The van der Waals surface area contributed by atoms with E-state index in [9.17, 15) is 5.11 Å². The molecule has 0 aromatic carbocycles. The lowest BCUT2D eigenvalue weighted by Crippen LogP contribution is -2.47. The van der Waals surface area contributed by atoms with Gasteiger partial charge in [0.15, 0.2) is 0 Å². The molecule has 3 nitrogen and oxygen atoms in total. The Bertz CT molecular complexity index is 261. The summed E-state index contributed by atoms with van der Waals surface area (Å²) < 4.78 is 0. The molecule has 0 radical (unpaired) electrons. The van der Waals surface area contributed by atoms with Crippen molar-refractivity contribution in [3.8, 4) is 0 Å². The molecule has 2 fully saturated rings. The van der Waals surface area contributed by atoms with Crippen LogP contribution in [-0.4, -0.2) is 60.3 Å². The fourth-order valence-electron chi connectivity index (χ4n) is 4.04. The van der Waals surface area contributed by atoms with Crippen molar-refractivity contribution in [2.45, 2.75) is 58.4 Å². The number of hydrogen-bond donors (Lipinski definition) is 1. The Morgan fingerprint density at radius 3 is 2.47 bits per heavy atom. The van der Waals surface area contributed by atoms with Gasteiger partial charge in [-0.05, 0) is 63.7 Å². The summed E-state index contributed by atoms with van der Waals surface area (Å²) in [5.74, 6) is 0. The van der Waals surface area contributed by atoms with Gasteiger partial charge in [-0.15, -0.1) is 0 Å². The molecule has 0 saturated carbocycles. The highest BCUT2D eigenvalue weighted by atomic mass is 16.3. The molecule has 19 heavy (non-hydrogen) atoms. The van der Waals surface area contributed by atoms with Crippen LogP contribution in [-0.2, 0) is 0 Å². The van der Waals surface area contributed by atoms with Crippen molar-refractivity contribution in [1.29, 1.82) is 0 Å². The summed E-state index contributed by atoms with van der Waals surface area (Å²) in [5.41, 5.74) is 0.241. The number of aliphatic hydroxyl groups excluding tert-OH is 1. The van der Waals surface area contributed by atoms with E-state index in [2.05, 4.69) is 23.6 Å². The standard InChI is InChI=1S/C16H32N2O/c1-3-7-16(14-19)8-11-17(12-9-16)13-15-6-5-10-18(15)4-2/h15,19H,3-14H2,1-2H3/t15-/m1/s1. The molecule has 0 aliphatic carbocycles. The van der Waals surface area contributed by atoms with Gasteiger partial charge >= 0.3 is 0 Å². The van der Waals surface area contributed by atoms with E-state index >= 15 is 0 Å². The van der Waals surface area contributed by atoms with Crippen LogP contribution in [0.4, 0.5) is 0 Å². The minimum atomic E-state index is 0.241. The lowest BCUT2D eigenvalue weighted by atomic mass is 9.75. The molecule has 2 rings (SSSR count). The van der Waals surface area contributed by atoms with Crippen LogP contribution in [0.1, 0.15) is 52.4 Å². The summed E-state index contributed by atoms with van der Waals surface area (Å²) in [4.78, 5) is 5.28. The number of aliphatic hydroxyl groups is 1. The average Bonchev–Trinajstić information content (AvgIpc) is 2.89. The lowest BCUT2D eigenvalue weighted by molar-refractivity contribution is 0.0287. The maximum Gasteiger partial charge on any atom is 0.0488 e. The first-order chi connectivity index (χ1) is 9.23. The quantitative estimate of drug-likeness (QED) is 0.801. The van der Waals surface area contributed by atoms with Crippen LogP contribution in [0, 0.1) is 5.41 Å². The van der Waals surface area contributed by atoms with E-state index in [0.29, 0.717) is 6.61 Å². The molecule has 2 aliphatic heterocycles. The van der Waals surface area contributed by atoms with E-state index in [1.807, 2.05) is 0 Å². The van der Waals surface area contributed by atoms with Crippen LogP contribution in [0.2, 0.25) is 0 Å². The van der Waals surface area contributed by atoms with Crippen LogP contribution in [0.25, 0.3) is 0 Å². The van der Waals surface area contributed by atoms with Crippen LogP contribution in [0.5, 0.6) is 0 Å². The normalized spacial score (nSPS) is 28.9. The lowest BCUT2D eigenvalue weighted by Gasteiger charge is -2.42. The van der Waals surface area contributed by atoms with E-state index in [1.165, 1.54) is 71.2 Å². The maximum absolute atomic E-state index is 9.70. The van der Waals surface area contributed by atoms with E-state index in [0.717, 1.165) is 6.04 Å². The molecule has 2 saturated heterocycles. The highest BCUT2D eigenvalue weighted by molar-refractivity contribution is 4.88. The molecule has 1 atom stereocenters. The summed E-state index contributed by atoms with van der Waals surface area (Å²) in [6.45, 7) is 11.0. The second kappa shape index (κ2) is 7.05. The number of hydrogen-bond acceptors (Lipinski definition) is 3. The predicted molar refractivity (Wildman–Crippen MR) is 80.4 cm³/mol. The Balaban J connectivity index is 1.79. The first-order valence-corrected chi connectivity index (χ1v) is 8.30. The van der Waals surface area contributed by atoms with Gasteiger partial charge in [-0.3, -0.25) is 4.90 Å². The highest BCUT2D eigenvalue weighted by Gasteiger charge is 2.34. The van der Waals surface area contributed by atoms with Gasteiger partial charge < -0.3 is 10.0 Å². The third kappa shape index (κ3) is 3.71. The SMILES string of the molecule is CCCC1(CO)CCN(C[C@H]2CCCN2CC)CC1. The van der Waals surface area contributed by atoms with E-state index in [4.69, 9.17) is 0 Å². The Morgan fingerprint density at radius 2 is 1.89 bits per heavy atom. The molecule has 0 spiro atoms. The zero-order chi connectivity index (χ0) is 13.7. The molecule has 2 heterocycles. The van der Waals surface area contributed by atoms with Gasteiger partial charge in [-0.25, -0.2) is 0 Å². The van der Waals surface area contributed by atoms with Gasteiger partial charge in [0.05, 0.1) is 0 Å². The molecule has 0 aromatic rings. The number of likely N-dealkylation sites (N-methyl/N-ethyl adjacent to an activating group) is 1. The fraction of sp³-hybridized carbons (Fsp3) is 1.00. The van der Waals surface area contributed by atoms with Gasteiger partial charge in [0.1, 0.15) is 0 Å². The number of likely N-dealkylation sites (tertiary alicyclic amines) is 2. The van der Waals surface area contributed by atoms with Crippen molar-refractivity contribution in [1.82, 2.24) is 9.80 Å². The van der Waals surface area contributed by atoms with Gasteiger partial charge in [0.25, 0.3) is 0 Å². The fourth-order valence-corrected chi connectivity index (χ4v) is 4.04. The van der Waals surface area contributed by atoms with Crippen LogP contribution >= 0.6 is 0 Å². The zero-order valence-electron chi connectivity index (χ0n) is 12.9. The second-order valence-corrected chi connectivity index (χ2v) is 6.63. The van der Waals surface area contributed by atoms with Crippen molar-refractivity contribution in [2.24, 2.45) is 5.41 Å². The maximum atomic E-state index is 9.70. The van der Waals surface area contributed by atoms with Crippen LogP contribution in [0.3, 0.4) is 0 Å². The largest absolute Gasteiger partial charge is 0.396 e. The van der Waals surface area contributed by atoms with E-state index < -0.39 is 0 Å². The van der Waals surface area contributed by atoms with Gasteiger partial charge in [0, 0.05) is 19.2 Å². The summed E-state index contributed by atoms with van der Waals surface area (Å²) >= 11 is 0. The first kappa shape index (κ1) is 15.3. The van der Waals surface area contributed by atoms with Crippen molar-refractivity contribution >= 4 is 0 Å². The first-order valence-electron chi connectivity index (χ1n) is 8.30. The molecular formula is C16H32N2O. The monoisotopic (exact) mass is 268 g/mol. The second-order valence-electron chi connectivity index (χ2n) is 6.63. The number of piperidine rings is 1. The minimum Gasteiger partial charge on any atom is -0.396 e. The van der Waals surface area contributed by atoms with E-state index in [-0.39, 0.29) is 5.41 Å². The molecule has 2 aliphatic rings. The number of rotatable bonds is 6. The molecule has 0 amide bonds. The van der Waals surface area contributed by atoms with Gasteiger partial charge in [-0.1, -0.05) is 20.3 Å². The Labute approximate surface area is 119 Å². The Morgan fingerprint density at radius 1 is 1.16 bits per heavy atom. The summed E-state index contributed by atoms with van der Waals surface area (Å²) in [6.07, 6.45) is 7.54. The third-order valence-corrected chi connectivity index (χ3v) is 5.41. The molecule has 0 bridgehead atoms. The molecule has 1 N–H and O–H groups in total. The average molecular weight is 268 g/mol. The minimum absolute atomic E-state index is 0.241. The predicted octanol–water partition coefficient (Wildman–Crippen LogP) is 2.35. The Hall–Kier alpha value is -0.120. The zero-order valence-corrected chi connectivity index (χ0v) is 12.9. The van der Waals surface area contributed by atoms with Gasteiger partial charge in [0.2, 0.25) is 0 Å². The summed E-state index contributed by atoms with van der Waals surface area (Å²) in [5, 5.41) is 9.70. The molecule has 0 unspecified atom stereocenters. The van der Waals surface area contributed by atoms with Crippen molar-refractivity contribution in [3.63, 3.8) is 0 Å². The molecule has 3 heteroatoms. The van der Waals surface area contributed by atoms with E-state index in [1.54, 1.807) is 0 Å². The molecular weight excluding hydrogens is 236 g/mol. The Kier molecular flexibility index (Phi) is 5.67. The van der Waals surface area contributed by atoms with Crippen molar-refractivity contribution in [2.75, 3.05) is 39.3 Å². The number of nitrogens with zero attached hydrogens (tertiary/aromatic N) is 2. The molecule has 0 aromatic heterocycles. The molecule has 112 valence electrons. The highest BCUT2D eigenvalue weighted by Crippen LogP contribution is 2.36. The summed E-state index contributed by atoms with van der Waals surface area (Å²) in [6, 6.07) is 0.790. The van der Waals surface area contributed by atoms with Crippen LogP contribution in [0.15, 0.2) is 0 Å². The third-order valence-electron chi connectivity index (χ3n) is 5.41. The van der Waals surface area contributed by atoms with Crippen LogP contribution < -0.4 is 0 Å². The topological polar surface area (TPSA) is 26.7 Å². The van der Waals surface area contributed by atoms with Crippen molar-refractivity contribution < 1.29 is 5.11 Å². The smallest absolute Gasteiger partial charge is 0.0488 e. The van der Waals surface area contributed by atoms with Crippen molar-refractivity contribution in [3.05, 3.63) is 0 Å².